The molecule has 1 aliphatic carbocycles. The Morgan fingerprint density at radius 3 is 2.14 bits per heavy atom. The molecule has 0 amide bonds. The fraction of sp³-hybridized carbons (Fsp3) is 0.400. The van der Waals surface area contributed by atoms with Crippen LogP contribution in [0.1, 0.15) is 54.8 Å². The van der Waals surface area contributed by atoms with Crippen molar-refractivity contribution in [3.63, 3.8) is 0 Å². The lowest BCUT2D eigenvalue weighted by Crippen LogP contribution is -2.40. The highest BCUT2D eigenvalue weighted by molar-refractivity contribution is 5.37. The summed E-state index contributed by atoms with van der Waals surface area (Å²) in [6.07, 6.45) is 6.32. The lowest BCUT2D eigenvalue weighted by Gasteiger charge is -2.43. The van der Waals surface area contributed by atoms with Gasteiger partial charge in [0.15, 0.2) is 0 Å². The molecule has 0 aromatic heterocycles. The van der Waals surface area contributed by atoms with E-state index in [1.54, 1.807) is 0 Å². The van der Waals surface area contributed by atoms with Crippen molar-refractivity contribution in [2.75, 3.05) is 0 Å². The summed E-state index contributed by atoms with van der Waals surface area (Å²) in [6, 6.07) is 19.6. The molecular weight excluding hydrogens is 254 g/mol. The van der Waals surface area contributed by atoms with Gasteiger partial charge in [0.25, 0.3) is 0 Å². The summed E-state index contributed by atoms with van der Waals surface area (Å²) in [4.78, 5) is 0. The van der Waals surface area contributed by atoms with Gasteiger partial charge in [-0.15, -0.1) is 0 Å². The molecule has 0 spiro atoms. The second-order valence-electron chi connectivity index (χ2n) is 6.42. The van der Waals surface area contributed by atoms with Gasteiger partial charge >= 0.3 is 0 Å². The summed E-state index contributed by atoms with van der Waals surface area (Å²) in [6.45, 7) is 2.18. The minimum Gasteiger partial charge on any atom is -0.323 e. The molecule has 1 saturated carbocycles. The smallest absolute Gasteiger partial charge is 0.0395 e. The Labute approximate surface area is 128 Å². The van der Waals surface area contributed by atoms with Crippen LogP contribution in [0.2, 0.25) is 0 Å². The van der Waals surface area contributed by atoms with Gasteiger partial charge in [-0.25, -0.2) is 0 Å². The Balaban J connectivity index is 2.06. The van der Waals surface area contributed by atoms with E-state index in [2.05, 4.69) is 61.5 Å². The predicted molar refractivity (Wildman–Crippen MR) is 89.3 cm³/mol. The zero-order valence-corrected chi connectivity index (χ0v) is 12.9. The van der Waals surface area contributed by atoms with Crippen LogP contribution < -0.4 is 5.73 Å². The second kappa shape index (κ2) is 6.03. The van der Waals surface area contributed by atoms with Crippen molar-refractivity contribution in [1.29, 1.82) is 0 Å². The van der Waals surface area contributed by atoms with Gasteiger partial charge in [-0.2, -0.15) is 0 Å². The van der Waals surface area contributed by atoms with Crippen LogP contribution >= 0.6 is 0 Å². The highest BCUT2D eigenvalue weighted by atomic mass is 14.7. The van der Waals surface area contributed by atoms with Crippen molar-refractivity contribution in [3.8, 4) is 0 Å². The van der Waals surface area contributed by atoms with Crippen LogP contribution in [0.4, 0.5) is 0 Å². The molecule has 0 bridgehead atoms. The lowest BCUT2D eigenvalue weighted by molar-refractivity contribution is 0.243. The van der Waals surface area contributed by atoms with Gasteiger partial charge in [0.1, 0.15) is 0 Å². The summed E-state index contributed by atoms with van der Waals surface area (Å²) in [5.74, 6) is 0. The van der Waals surface area contributed by atoms with Gasteiger partial charge in [0, 0.05) is 11.5 Å². The normalized spacial score (nSPS) is 19.1. The van der Waals surface area contributed by atoms with Gasteiger partial charge in [0.05, 0.1) is 0 Å². The van der Waals surface area contributed by atoms with Gasteiger partial charge in [-0.05, 0) is 36.5 Å². The number of hydrogen-bond acceptors (Lipinski definition) is 1. The molecule has 1 aliphatic rings. The Morgan fingerprint density at radius 2 is 1.48 bits per heavy atom. The zero-order valence-electron chi connectivity index (χ0n) is 12.9. The molecule has 1 fully saturated rings. The summed E-state index contributed by atoms with van der Waals surface area (Å²) < 4.78 is 0. The van der Waals surface area contributed by atoms with Crippen LogP contribution in [-0.2, 0) is 5.41 Å². The van der Waals surface area contributed by atoms with Crippen LogP contribution in [-0.4, -0.2) is 0 Å². The van der Waals surface area contributed by atoms with Crippen LogP contribution in [0.25, 0.3) is 0 Å². The van der Waals surface area contributed by atoms with E-state index in [0.29, 0.717) is 0 Å². The summed E-state index contributed by atoms with van der Waals surface area (Å²) >= 11 is 0. The molecule has 110 valence electrons. The molecule has 1 nitrogen and oxygen atoms in total. The van der Waals surface area contributed by atoms with E-state index in [0.717, 1.165) is 0 Å². The first-order valence-corrected chi connectivity index (χ1v) is 8.11. The third kappa shape index (κ3) is 2.63. The molecule has 21 heavy (non-hydrogen) atoms. The van der Waals surface area contributed by atoms with E-state index in [9.17, 15) is 0 Å². The molecule has 0 heterocycles. The van der Waals surface area contributed by atoms with Gasteiger partial charge in [-0.3, -0.25) is 0 Å². The molecule has 0 radical (unpaired) electrons. The number of nitrogens with two attached hydrogens (primary N) is 1. The average molecular weight is 279 g/mol. The number of rotatable bonds is 3. The largest absolute Gasteiger partial charge is 0.323 e. The summed E-state index contributed by atoms with van der Waals surface area (Å²) in [5, 5.41) is 0. The molecule has 0 aliphatic heterocycles. The second-order valence-corrected chi connectivity index (χ2v) is 6.42. The minimum atomic E-state index is 0.0846. The van der Waals surface area contributed by atoms with Crippen molar-refractivity contribution in [2.45, 2.75) is 50.5 Å². The first-order chi connectivity index (χ1) is 10.2. The standard InChI is InChI=1S/C20H25N/c1-16-10-6-7-13-18(16)19(21)20(14-8-3-9-15-20)17-11-4-2-5-12-17/h2,4-7,10-13,19H,3,8-9,14-15,21H2,1H3. The summed E-state index contributed by atoms with van der Waals surface area (Å²) in [5.41, 5.74) is 11.0. The molecule has 0 saturated heterocycles. The predicted octanol–water partition coefficient (Wildman–Crippen LogP) is 4.90. The fourth-order valence-corrected chi connectivity index (χ4v) is 3.97. The van der Waals surface area contributed by atoms with Crippen molar-refractivity contribution >= 4 is 0 Å². The van der Waals surface area contributed by atoms with Crippen molar-refractivity contribution < 1.29 is 0 Å². The van der Waals surface area contributed by atoms with E-state index in [1.165, 1.54) is 48.8 Å². The van der Waals surface area contributed by atoms with Crippen LogP contribution in [0.15, 0.2) is 54.6 Å². The molecular formula is C20H25N. The summed E-state index contributed by atoms with van der Waals surface area (Å²) in [7, 11) is 0. The van der Waals surface area contributed by atoms with Crippen LogP contribution in [0.3, 0.4) is 0 Å². The number of benzene rings is 2. The van der Waals surface area contributed by atoms with E-state index in [4.69, 9.17) is 5.73 Å². The fourth-order valence-electron chi connectivity index (χ4n) is 3.97. The Morgan fingerprint density at radius 1 is 0.857 bits per heavy atom. The third-order valence-electron chi connectivity index (χ3n) is 5.21. The quantitative estimate of drug-likeness (QED) is 0.850. The van der Waals surface area contributed by atoms with Gasteiger partial charge < -0.3 is 5.73 Å². The monoisotopic (exact) mass is 279 g/mol. The highest BCUT2D eigenvalue weighted by Crippen LogP contribution is 2.47. The van der Waals surface area contributed by atoms with Crippen molar-refractivity contribution in [1.82, 2.24) is 0 Å². The molecule has 1 atom stereocenters. The van der Waals surface area contributed by atoms with E-state index < -0.39 is 0 Å². The molecule has 1 heteroatoms. The molecule has 2 N–H and O–H groups in total. The lowest BCUT2D eigenvalue weighted by atomic mass is 9.63. The molecule has 3 rings (SSSR count). The SMILES string of the molecule is Cc1ccccc1C(N)C1(c2ccccc2)CCCCC1. The molecule has 2 aromatic rings. The first-order valence-electron chi connectivity index (χ1n) is 8.11. The minimum absolute atomic E-state index is 0.0846. The molecule has 2 aromatic carbocycles. The number of aryl methyl sites for hydroxylation is 1. The van der Waals surface area contributed by atoms with E-state index >= 15 is 0 Å². The third-order valence-corrected chi connectivity index (χ3v) is 5.21. The van der Waals surface area contributed by atoms with Gasteiger partial charge in [0.2, 0.25) is 0 Å². The Kier molecular flexibility index (Phi) is 4.12. The highest BCUT2D eigenvalue weighted by Gasteiger charge is 2.40. The zero-order chi connectivity index (χ0) is 14.7. The van der Waals surface area contributed by atoms with Crippen LogP contribution in [0.5, 0.6) is 0 Å². The van der Waals surface area contributed by atoms with Crippen molar-refractivity contribution in [2.24, 2.45) is 5.73 Å². The Hall–Kier alpha value is -1.60. The maximum Gasteiger partial charge on any atom is 0.0395 e. The maximum atomic E-state index is 6.84. The van der Waals surface area contributed by atoms with Crippen molar-refractivity contribution in [3.05, 3.63) is 71.3 Å². The van der Waals surface area contributed by atoms with Crippen LogP contribution in [0, 0.1) is 6.92 Å². The Bertz CT molecular complexity index is 582. The number of hydrogen-bond donors (Lipinski definition) is 1. The maximum absolute atomic E-state index is 6.84. The topological polar surface area (TPSA) is 26.0 Å². The van der Waals surface area contributed by atoms with E-state index in [-0.39, 0.29) is 11.5 Å². The molecule has 1 unspecified atom stereocenters. The van der Waals surface area contributed by atoms with E-state index in [1.807, 2.05) is 0 Å². The average Bonchev–Trinajstić information content (AvgIpc) is 2.56. The van der Waals surface area contributed by atoms with Gasteiger partial charge in [-0.1, -0.05) is 73.9 Å². The first kappa shape index (κ1) is 14.3.